The predicted molar refractivity (Wildman–Crippen MR) is 81.6 cm³/mol. The van der Waals surface area contributed by atoms with Gasteiger partial charge in [-0.1, -0.05) is 48.5 Å². The van der Waals surface area contributed by atoms with Crippen LogP contribution >= 0.6 is 0 Å². The van der Waals surface area contributed by atoms with Gasteiger partial charge in [0.2, 0.25) is 0 Å². The summed E-state index contributed by atoms with van der Waals surface area (Å²) in [5.41, 5.74) is 3.83. The first kappa shape index (κ1) is 13.3. The summed E-state index contributed by atoms with van der Waals surface area (Å²) in [5, 5.41) is 12.4. The Hall–Kier alpha value is -1.64. The molecule has 2 nitrogen and oxygen atoms in total. The summed E-state index contributed by atoms with van der Waals surface area (Å²) in [6.45, 7) is 8.28. The van der Waals surface area contributed by atoms with Gasteiger partial charge in [-0.2, -0.15) is 5.06 Å². The van der Waals surface area contributed by atoms with E-state index < -0.39 is 11.1 Å². The van der Waals surface area contributed by atoms with E-state index in [0.717, 1.165) is 11.1 Å². The molecule has 2 aromatic carbocycles. The fourth-order valence-corrected chi connectivity index (χ4v) is 3.43. The predicted octanol–water partition coefficient (Wildman–Crippen LogP) is 4.53. The van der Waals surface area contributed by atoms with Gasteiger partial charge in [-0.15, -0.1) is 0 Å². The highest BCUT2D eigenvalue weighted by atomic mass is 16.5. The summed E-state index contributed by atoms with van der Waals surface area (Å²) in [6.07, 6.45) is 0. The van der Waals surface area contributed by atoms with Gasteiger partial charge in [-0.3, -0.25) is 0 Å². The van der Waals surface area contributed by atoms with Crippen molar-refractivity contribution in [2.45, 2.75) is 38.8 Å². The number of fused-ring (bicyclic) bond motifs is 3. The molecule has 104 valence electrons. The number of hydrogen-bond acceptors (Lipinski definition) is 2. The molecular formula is C18H21NO. The molecule has 1 aliphatic heterocycles. The van der Waals surface area contributed by atoms with Crippen molar-refractivity contribution in [2.75, 3.05) is 0 Å². The maximum atomic E-state index is 10.9. The highest BCUT2D eigenvalue weighted by Gasteiger charge is 2.44. The molecule has 1 heterocycles. The van der Waals surface area contributed by atoms with Crippen molar-refractivity contribution in [3.05, 3.63) is 59.7 Å². The summed E-state index contributed by atoms with van der Waals surface area (Å²) in [6, 6.07) is 16.7. The van der Waals surface area contributed by atoms with Crippen LogP contribution < -0.4 is 0 Å². The second-order valence-electron chi connectivity index (χ2n) is 6.52. The van der Waals surface area contributed by atoms with E-state index in [1.165, 1.54) is 16.2 Å². The average Bonchev–Trinajstić information content (AvgIpc) is 2.50. The molecule has 2 heteroatoms. The second-order valence-corrected chi connectivity index (χ2v) is 6.52. The van der Waals surface area contributed by atoms with E-state index in [9.17, 15) is 5.21 Å². The third-order valence-corrected chi connectivity index (χ3v) is 4.52. The lowest BCUT2D eigenvalue weighted by Crippen LogP contribution is -2.49. The Labute approximate surface area is 120 Å². The Bertz CT molecular complexity index is 600. The number of hydrogen-bond donors (Lipinski definition) is 1. The number of benzene rings is 2. The van der Waals surface area contributed by atoms with Crippen molar-refractivity contribution in [3.8, 4) is 11.1 Å². The minimum atomic E-state index is -0.445. The zero-order chi connectivity index (χ0) is 14.5. The first-order valence-corrected chi connectivity index (χ1v) is 7.05. The van der Waals surface area contributed by atoms with Crippen molar-refractivity contribution >= 4 is 0 Å². The van der Waals surface area contributed by atoms with Gasteiger partial charge in [0.1, 0.15) is 0 Å². The summed E-state index contributed by atoms with van der Waals surface area (Å²) < 4.78 is 0. The first-order chi connectivity index (χ1) is 9.37. The van der Waals surface area contributed by atoms with Crippen LogP contribution in [-0.4, -0.2) is 10.3 Å². The molecule has 2 aromatic rings. The van der Waals surface area contributed by atoms with Crippen LogP contribution in [-0.2, 0) is 11.1 Å². The van der Waals surface area contributed by atoms with Crippen molar-refractivity contribution in [3.63, 3.8) is 0 Å². The molecular weight excluding hydrogens is 246 g/mol. The van der Waals surface area contributed by atoms with Crippen molar-refractivity contribution in [1.29, 1.82) is 0 Å². The van der Waals surface area contributed by atoms with Gasteiger partial charge < -0.3 is 5.21 Å². The molecule has 20 heavy (non-hydrogen) atoms. The minimum Gasteiger partial charge on any atom is -0.312 e. The van der Waals surface area contributed by atoms with E-state index >= 15 is 0 Å². The minimum absolute atomic E-state index is 0.445. The van der Waals surface area contributed by atoms with Gasteiger partial charge in [-0.25, -0.2) is 0 Å². The Morgan fingerprint density at radius 1 is 0.700 bits per heavy atom. The molecule has 0 saturated heterocycles. The molecule has 1 N–H and O–H groups in total. The molecule has 0 radical (unpaired) electrons. The molecule has 0 spiro atoms. The Kier molecular flexibility index (Phi) is 2.79. The van der Waals surface area contributed by atoms with Crippen molar-refractivity contribution in [2.24, 2.45) is 0 Å². The van der Waals surface area contributed by atoms with Gasteiger partial charge in [0.05, 0.1) is 11.1 Å². The largest absolute Gasteiger partial charge is 0.312 e. The smallest absolute Gasteiger partial charge is 0.0668 e. The molecule has 0 fully saturated rings. The average molecular weight is 267 g/mol. The Morgan fingerprint density at radius 3 is 1.45 bits per heavy atom. The van der Waals surface area contributed by atoms with E-state index in [1.807, 2.05) is 12.1 Å². The van der Waals surface area contributed by atoms with Gasteiger partial charge in [0.25, 0.3) is 0 Å². The topological polar surface area (TPSA) is 23.5 Å². The third kappa shape index (κ3) is 1.65. The summed E-state index contributed by atoms with van der Waals surface area (Å²) >= 11 is 0. The highest BCUT2D eigenvalue weighted by Crippen LogP contribution is 2.47. The van der Waals surface area contributed by atoms with E-state index in [0.29, 0.717) is 0 Å². The molecule has 0 atom stereocenters. The monoisotopic (exact) mass is 267 g/mol. The van der Waals surface area contributed by atoms with Crippen LogP contribution in [0.5, 0.6) is 0 Å². The molecule has 0 aliphatic carbocycles. The molecule has 0 amide bonds. The maximum Gasteiger partial charge on any atom is 0.0668 e. The quantitative estimate of drug-likeness (QED) is 0.758. The van der Waals surface area contributed by atoms with E-state index in [2.05, 4.69) is 64.1 Å². The van der Waals surface area contributed by atoms with Crippen LogP contribution in [0.1, 0.15) is 38.8 Å². The normalized spacial score (nSPS) is 19.9. The molecule has 0 saturated carbocycles. The van der Waals surface area contributed by atoms with E-state index in [-0.39, 0.29) is 0 Å². The lowest BCUT2D eigenvalue weighted by Gasteiger charge is -2.43. The lowest BCUT2D eigenvalue weighted by atomic mass is 9.87. The van der Waals surface area contributed by atoms with E-state index in [4.69, 9.17) is 0 Å². The first-order valence-electron chi connectivity index (χ1n) is 7.05. The number of nitrogens with zero attached hydrogens (tertiary/aromatic N) is 1. The molecule has 0 aromatic heterocycles. The second kappa shape index (κ2) is 4.18. The summed E-state index contributed by atoms with van der Waals surface area (Å²) in [4.78, 5) is 0. The standard InChI is InChI=1S/C18H21NO/c1-17(2)15-11-7-5-9-13(15)14-10-6-8-12-16(14)18(3,4)19(17)20/h5-12,20H,1-4H3. The fraction of sp³-hybridized carbons (Fsp3) is 0.333. The van der Waals surface area contributed by atoms with Crippen molar-refractivity contribution in [1.82, 2.24) is 5.06 Å². The van der Waals surface area contributed by atoms with Crippen LogP contribution in [0, 0.1) is 0 Å². The molecule has 0 unspecified atom stereocenters. The Morgan fingerprint density at radius 2 is 1.05 bits per heavy atom. The zero-order valence-electron chi connectivity index (χ0n) is 12.5. The maximum absolute atomic E-state index is 10.9. The molecule has 0 bridgehead atoms. The summed E-state index contributed by atoms with van der Waals surface area (Å²) in [7, 11) is 0. The molecule has 1 aliphatic rings. The third-order valence-electron chi connectivity index (χ3n) is 4.52. The van der Waals surface area contributed by atoms with Crippen LogP contribution in [0.15, 0.2) is 48.5 Å². The van der Waals surface area contributed by atoms with Gasteiger partial charge in [0, 0.05) is 0 Å². The van der Waals surface area contributed by atoms with Crippen LogP contribution in [0.3, 0.4) is 0 Å². The van der Waals surface area contributed by atoms with Gasteiger partial charge in [-0.05, 0) is 49.9 Å². The number of rotatable bonds is 0. The summed E-state index contributed by atoms with van der Waals surface area (Å²) in [5.74, 6) is 0. The van der Waals surface area contributed by atoms with Crippen LogP contribution in [0.2, 0.25) is 0 Å². The van der Waals surface area contributed by atoms with Crippen LogP contribution in [0.25, 0.3) is 11.1 Å². The van der Waals surface area contributed by atoms with Crippen molar-refractivity contribution < 1.29 is 5.21 Å². The Balaban J connectivity index is 2.43. The fourth-order valence-electron chi connectivity index (χ4n) is 3.43. The number of hydroxylamine groups is 2. The van der Waals surface area contributed by atoms with Crippen LogP contribution in [0.4, 0.5) is 0 Å². The highest BCUT2D eigenvalue weighted by molar-refractivity contribution is 5.74. The molecule has 3 rings (SSSR count). The lowest BCUT2D eigenvalue weighted by molar-refractivity contribution is -0.230. The zero-order valence-corrected chi connectivity index (χ0v) is 12.5. The van der Waals surface area contributed by atoms with Gasteiger partial charge >= 0.3 is 0 Å². The SMILES string of the molecule is CC1(C)c2ccccc2-c2ccccc2C(C)(C)N1O. The van der Waals surface area contributed by atoms with Gasteiger partial charge in [0.15, 0.2) is 0 Å². The van der Waals surface area contributed by atoms with E-state index in [1.54, 1.807) is 0 Å².